The smallest absolute Gasteiger partial charge is 0.181 e. The summed E-state index contributed by atoms with van der Waals surface area (Å²) in [6.45, 7) is 0.762. The summed E-state index contributed by atoms with van der Waals surface area (Å²) in [5.74, 6) is 0.731. The number of fused-ring (bicyclic) bond motifs is 1. The lowest BCUT2D eigenvalue weighted by Crippen LogP contribution is -1.99. The van der Waals surface area contributed by atoms with Crippen molar-refractivity contribution in [3.05, 3.63) is 36.8 Å². The van der Waals surface area contributed by atoms with Crippen LogP contribution in [0.5, 0.6) is 0 Å². The third kappa shape index (κ3) is 1.78. The Kier molecular flexibility index (Phi) is 2.60. The molecule has 0 fully saturated rings. The Labute approximate surface area is 104 Å². The normalized spacial score (nSPS) is 11.2. The first-order valence-electron chi connectivity index (χ1n) is 5.84. The molecule has 0 radical (unpaired) electrons. The van der Waals surface area contributed by atoms with Gasteiger partial charge in [0.1, 0.15) is 6.33 Å². The average molecular weight is 242 g/mol. The Bertz CT molecular complexity index is 683. The number of aromatic nitrogens is 4. The van der Waals surface area contributed by atoms with Crippen LogP contribution >= 0.6 is 0 Å². The molecule has 0 saturated heterocycles. The molecule has 0 amide bonds. The minimum Gasteiger partial charge on any atom is -0.395 e. The van der Waals surface area contributed by atoms with Gasteiger partial charge in [0.2, 0.25) is 0 Å². The quantitative estimate of drug-likeness (QED) is 0.756. The van der Waals surface area contributed by atoms with E-state index in [4.69, 9.17) is 5.11 Å². The van der Waals surface area contributed by atoms with Crippen LogP contribution in [0.15, 0.2) is 36.8 Å². The van der Waals surface area contributed by atoms with Crippen LogP contribution in [0, 0.1) is 0 Å². The first-order valence-corrected chi connectivity index (χ1v) is 5.84. The fraction of sp³-hybridized carbons (Fsp3) is 0.231. The monoisotopic (exact) mass is 242 g/mol. The van der Waals surface area contributed by atoms with Gasteiger partial charge in [-0.25, -0.2) is 4.98 Å². The van der Waals surface area contributed by atoms with Crippen molar-refractivity contribution in [3.8, 4) is 11.4 Å². The van der Waals surface area contributed by atoms with Crippen molar-refractivity contribution in [1.29, 1.82) is 0 Å². The average Bonchev–Trinajstić information content (AvgIpc) is 2.96. The zero-order valence-electron chi connectivity index (χ0n) is 10.1. The molecule has 0 bridgehead atoms. The molecule has 2 aromatic heterocycles. The lowest BCUT2D eigenvalue weighted by atomic mass is 10.1. The minimum absolute atomic E-state index is 0.146. The standard InChI is InChI=1S/C13H14N4O/c1-16-9-14-13(15-16)11-2-3-12-10(8-11)4-5-17(12)6-7-18/h2-5,8-9,18H,6-7H2,1H3. The number of aryl methyl sites for hydroxylation is 1. The summed E-state index contributed by atoms with van der Waals surface area (Å²) in [7, 11) is 1.85. The van der Waals surface area contributed by atoms with Gasteiger partial charge in [0, 0.05) is 36.3 Å². The number of rotatable bonds is 3. The van der Waals surface area contributed by atoms with E-state index in [2.05, 4.69) is 16.1 Å². The molecule has 1 aromatic carbocycles. The molecule has 0 atom stereocenters. The van der Waals surface area contributed by atoms with Gasteiger partial charge in [0.05, 0.1) is 6.61 Å². The van der Waals surface area contributed by atoms with Crippen molar-refractivity contribution < 1.29 is 5.11 Å². The third-order valence-corrected chi connectivity index (χ3v) is 2.97. The second-order valence-corrected chi connectivity index (χ2v) is 4.25. The fourth-order valence-corrected chi connectivity index (χ4v) is 2.11. The summed E-state index contributed by atoms with van der Waals surface area (Å²) in [4.78, 5) is 4.24. The van der Waals surface area contributed by atoms with Gasteiger partial charge in [-0.15, -0.1) is 0 Å². The van der Waals surface area contributed by atoms with Gasteiger partial charge in [-0.1, -0.05) is 0 Å². The van der Waals surface area contributed by atoms with Crippen LogP contribution in [0.3, 0.4) is 0 Å². The number of hydrogen-bond donors (Lipinski definition) is 1. The topological polar surface area (TPSA) is 55.9 Å². The van der Waals surface area contributed by atoms with Crippen LogP contribution in [-0.2, 0) is 13.6 Å². The van der Waals surface area contributed by atoms with Crippen molar-refractivity contribution in [2.24, 2.45) is 7.05 Å². The van der Waals surface area contributed by atoms with Gasteiger partial charge >= 0.3 is 0 Å². The van der Waals surface area contributed by atoms with E-state index in [-0.39, 0.29) is 6.61 Å². The zero-order chi connectivity index (χ0) is 12.5. The molecule has 3 rings (SSSR count). The second-order valence-electron chi connectivity index (χ2n) is 4.25. The van der Waals surface area contributed by atoms with Crippen molar-refractivity contribution in [3.63, 3.8) is 0 Å². The summed E-state index contributed by atoms with van der Waals surface area (Å²) < 4.78 is 3.72. The van der Waals surface area contributed by atoms with E-state index in [1.807, 2.05) is 36.0 Å². The molecule has 92 valence electrons. The van der Waals surface area contributed by atoms with E-state index in [9.17, 15) is 0 Å². The first kappa shape index (κ1) is 11.0. The summed E-state index contributed by atoms with van der Waals surface area (Å²) in [6.07, 6.45) is 3.67. The summed E-state index contributed by atoms with van der Waals surface area (Å²) in [5, 5.41) is 14.4. The molecule has 2 heterocycles. The van der Waals surface area contributed by atoms with Crippen LogP contribution in [0.25, 0.3) is 22.3 Å². The number of aliphatic hydroxyl groups excluding tert-OH is 1. The van der Waals surface area contributed by atoms with Crippen LogP contribution in [-0.4, -0.2) is 31.0 Å². The van der Waals surface area contributed by atoms with E-state index >= 15 is 0 Å². The number of nitrogens with zero attached hydrogens (tertiary/aromatic N) is 4. The Balaban J connectivity index is 2.06. The minimum atomic E-state index is 0.146. The maximum Gasteiger partial charge on any atom is 0.181 e. The van der Waals surface area contributed by atoms with E-state index in [1.165, 1.54) is 0 Å². The molecule has 0 aliphatic heterocycles. The molecule has 0 aliphatic rings. The van der Waals surface area contributed by atoms with Gasteiger partial charge in [0.25, 0.3) is 0 Å². The van der Waals surface area contributed by atoms with Crippen molar-refractivity contribution >= 4 is 10.9 Å². The predicted octanol–water partition coefficient (Wildman–Crippen LogP) is 1.43. The number of aliphatic hydroxyl groups is 1. The summed E-state index contributed by atoms with van der Waals surface area (Å²) >= 11 is 0. The van der Waals surface area contributed by atoms with Gasteiger partial charge in [-0.05, 0) is 24.3 Å². The Morgan fingerprint density at radius 2 is 2.17 bits per heavy atom. The molecule has 1 N–H and O–H groups in total. The zero-order valence-corrected chi connectivity index (χ0v) is 10.1. The fourth-order valence-electron chi connectivity index (χ4n) is 2.11. The van der Waals surface area contributed by atoms with E-state index < -0.39 is 0 Å². The highest BCUT2D eigenvalue weighted by molar-refractivity contribution is 5.84. The molecule has 0 aliphatic carbocycles. The summed E-state index contributed by atoms with van der Waals surface area (Å²) in [5.41, 5.74) is 2.12. The van der Waals surface area contributed by atoms with Gasteiger partial charge < -0.3 is 9.67 Å². The van der Waals surface area contributed by atoms with Crippen LogP contribution in [0.2, 0.25) is 0 Å². The molecule has 0 saturated carbocycles. The van der Waals surface area contributed by atoms with Gasteiger partial charge in [-0.2, -0.15) is 5.10 Å². The molecule has 3 aromatic rings. The maximum atomic E-state index is 8.99. The summed E-state index contributed by atoms with van der Waals surface area (Å²) in [6, 6.07) is 8.15. The molecule has 5 heteroatoms. The molecule has 18 heavy (non-hydrogen) atoms. The highest BCUT2D eigenvalue weighted by atomic mass is 16.3. The highest BCUT2D eigenvalue weighted by Gasteiger charge is 2.06. The van der Waals surface area contributed by atoms with E-state index in [0.29, 0.717) is 6.54 Å². The second kappa shape index (κ2) is 4.27. The van der Waals surface area contributed by atoms with Crippen molar-refractivity contribution in [2.75, 3.05) is 6.61 Å². The molecular formula is C13H14N4O. The number of benzene rings is 1. The van der Waals surface area contributed by atoms with E-state index in [0.717, 1.165) is 22.3 Å². The molecule has 0 spiro atoms. The Morgan fingerprint density at radius 3 is 2.89 bits per heavy atom. The van der Waals surface area contributed by atoms with Gasteiger partial charge in [-0.3, -0.25) is 4.68 Å². The van der Waals surface area contributed by atoms with Crippen LogP contribution in [0.1, 0.15) is 0 Å². The lowest BCUT2D eigenvalue weighted by molar-refractivity contribution is 0.278. The maximum absolute atomic E-state index is 8.99. The van der Waals surface area contributed by atoms with Crippen molar-refractivity contribution in [1.82, 2.24) is 19.3 Å². The van der Waals surface area contributed by atoms with Crippen molar-refractivity contribution in [2.45, 2.75) is 6.54 Å². The Morgan fingerprint density at radius 1 is 1.28 bits per heavy atom. The third-order valence-electron chi connectivity index (χ3n) is 2.97. The van der Waals surface area contributed by atoms with Crippen LogP contribution in [0.4, 0.5) is 0 Å². The first-order chi connectivity index (χ1) is 8.78. The predicted molar refractivity (Wildman–Crippen MR) is 69.0 cm³/mol. The van der Waals surface area contributed by atoms with Crippen LogP contribution < -0.4 is 0 Å². The molecule has 5 nitrogen and oxygen atoms in total. The highest BCUT2D eigenvalue weighted by Crippen LogP contribution is 2.22. The Hall–Kier alpha value is -2.14. The molecular weight excluding hydrogens is 228 g/mol. The molecule has 0 unspecified atom stereocenters. The SMILES string of the molecule is Cn1cnc(-c2ccc3c(ccn3CCO)c2)n1. The largest absolute Gasteiger partial charge is 0.395 e. The lowest BCUT2D eigenvalue weighted by Gasteiger charge is -2.02. The van der Waals surface area contributed by atoms with Gasteiger partial charge in [0.15, 0.2) is 5.82 Å². The van der Waals surface area contributed by atoms with E-state index in [1.54, 1.807) is 11.0 Å². The number of hydrogen-bond acceptors (Lipinski definition) is 3.